The number of nitrogens with one attached hydrogen (secondary N) is 1. The van der Waals surface area contributed by atoms with Crippen LogP contribution in [0, 0.1) is 33.9 Å². The second-order valence-electron chi connectivity index (χ2n) is 7.91. The highest BCUT2D eigenvalue weighted by atomic mass is 19.1. The highest BCUT2D eigenvalue weighted by Crippen LogP contribution is 2.67. The van der Waals surface area contributed by atoms with E-state index in [0.29, 0.717) is 17.8 Å². The molecule has 2 aromatic rings. The molecule has 2 bridgehead atoms. The Labute approximate surface area is 162 Å². The predicted octanol–water partition coefficient (Wildman–Crippen LogP) is 2.83. The maximum absolute atomic E-state index is 13.4. The van der Waals surface area contributed by atoms with Crippen LogP contribution >= 0.6 is 0 Å². The van der Waals surface area contributed by atoms with E-state index < -0.39 is 10.8 Å². The summed E-state index contributed by atoms with van der Waals surface area (Å²) in [6, 6.07) is 9.82. The van der Waals surface area contributed by atoms with E-state index in [0.717, 1.165) is 12.0 Å². The van der Waals surface area contributed by atoms with Crippen molar-refractivity contribution in [3.8, 4) is 12.1 Å². The molecule has 7 heteroatoms. The van der Waals surface area contributed by atoms with Gasteiger partial charge in [0.1, 0.15) is 18.0 Å². The molecule has 6 nitrogen and oxygen atoms in total. The molecule has 2 aliphatic carbocycles. The Morgan fingerprint density at radius 1 is 1.21 bits per heavy atom. The number of nitrogens with zero attached hydrogens (tertiary/aromatic N) is 4. The van der Waals surface area contributed by atoms with Crippen LogP contribution in [0.3, 0.4) is 0 Å². The standard InChI is InChI=1S/C21H18FN5O/c1-20(2)14-7-8-21(20,18-17(14)26-15(9-23)16(10-24)27-18)19(28)25-11-12-3-5-13(22)6-4-12/h3-6,14H,7-8,11H2,1-2H3,(H,25,28). The van der Waals surface area contributed by atoms with E-state index in [1.807, 2.05) is 26.0 Å². The van der Waals surface area contributed by atoms with Gasteiger partial charge in [0, 0.05) is 12.5 Å². The summed E-state index contributed by atoms with van der Waals surface area (Å²) in [5.74, 6) is -0.497. The molecule has 2 unspecified atom stereocenters. The summed E-state index contributed by atoms with van der Waals surface area (Å²) < 4.78 is 13.1. The zero-order valence-electron chi connectivity index (χ0n) is 15.6. The molecule has 1 saturated carbocycles. The first-order chi connectivity index (χ1) is 13.3. The first-order valence-electron chi connectivity index (χ1n) is 9.10. The van der Waals surface area contributed by atoms with Crippen molar-refractivity contribution in [2.24, 2.45) is 5.41 Å². The van der Waals surface area contributed by atoms with Crippen LogP contribution in [0.25, 0.3) is 0 Å². The number of amides is 1. The van der Waals surface area contributed by atoms with E-state index in [1.165, 1.54) is 12.1 Å². The molecule has 1 heterocycles. The third kappa shape index (κ3) is 2.26. The molecule has 0 aliphatic heterocycles. The van der Waals surface area contributed by atoms with Crippen LogP contribution < -0.4 is 5.32 Å². The second kappa shape index (κ2) is 6.10. The van der Waals surface area contributed by atoms with Crippen molar-refractivity contribution in [3.63, 3.8) is 0 Å². The molecule has 1 N–H and O–H groups in total. The van der Waals surface area contributed by atoms with E-state index in [9.17, 15) is 19.7 Å². The lowest BCUT2D eigenvalue weighted by Gasteiger charge is -2.36. The average Bonchev–Trinajstić information content (AvgIpc) is 3.07. The van der Waals surface area contributed by atoms with Crippen molar-refractivity contribution in [1.82, 2.24) is 15.3 Å². The summed E-state index contributed by atoms with van der Waals surface area (Å²) in [7, 11) is 0. The molecule has 1 amide bonds. The molecule has 28 heavy (non-hydrogen) atoms. The molecular formula is C21H18FN5O. The molecule has 140 valence electrons. The number of benzene rings is 1. The van der Waals surface area contributed by atoms with Crippen molar-refractivity contribution in [2.75, 3.05) is 0 Å². The van der Waals surface area contributed by atoms with Crippen LogP contribution in [0.5, 0.6) is 0 Å². The summed E-state index contributed by atoms with van der Waals surface area (Å²) in [5.41, 5.74) is 0.578. The lowest BCUT2D eigenvalue weighted by Crippen LogP contribution is -2.49. The van der Waals surface area contributed by atoms with Gasteiger partial charge in [0.05, 0.1) is 16.8 Å². The number of nitriles is 2. The monoisotopic (exact) mass is 375 g/mol. The van der Waals surface area contributed by atoms with E-state index in [1.54, 1.807) is 12.1 Å². The quantitative estimate of drug-likeness (QED) is 0.889. The zero-order chi connectivity index (χ0) is 20.1. The Hall–Kier alpha value is -3.32. The highest BCUT2D eigenvalue weighted by molar-refractivity contribution is 5.91. The molecule has 2 aliphatic rings. The summed E-state index contributed by atoms with van der Waals surface area (Å²) in [6.45, 7) is 4.30. The smallest absolute Gasteiger partial charge is 0.233 e. The van der Waals surface area contributed by atoms with Crippen LogP contribution in [0.4, 0.5) is 4.39 Å². The first kappa shape index (κ1) is 18.1. The van der Waals surface area contributed by atoms with E-state index in [4.69, 9.17) is 0 Å². The van der Waals surface area contributed by atoms with E-state index in [2.05, 4.69) is 15.3 Å². The summed E-state index contributed by atoms with van der Waals surface area (Å²) in [5, 5.41) is 21.6. The average molecular weight is 375 g/mol. The van der Waals surface area contributed by atoms with Gasteiger partial charge in [0.25, 0.3) is 0 Å². The number of hydrogen-bond acceptors (Lipinski definition) is 5. The van der Waals surface area contributed by atoms with Gasteiger partial charge in [0.2, 0.25) is 5.91 Å². The minimum Gasteiger partial charge on any atom is -0.351 e. The summed E-state index contributed by atoms with van der Waals surface area (Å²) in [6.07, 6.45) is 1.38. The van der Waals surface area contributed by atoms with Gasteiger partial charge < -0.3 is 5.32 Å². The maximum atomic E-state index is 13.4. The fraction of sp³-hybridized carbons (Fsp3) is 0.381. The summed E-state index contributed by atoms with van der Waals surface area (Å²) in [4.78, 5) is 22.2. The molecular weight excluding hydrogens is 357 g/mol. The van der Waals surface area contributed by atoms with Gasteiger partial charge in [-0.15, -0.1) is 0 Å². The minimum atomic E-state index is -0.903. The summed E-state index contributed by atoms with van der Waals surface area (Å²) >= 11 is 0. The van der Waals surface area contributed by atoms with Crippen LogP contribution in [0.2, 0.25) is 0 Å². The van der Waals surface area contributed by atoms with E-state index in [-0.39, 0.29) is 35.6 Å². The maximum Gasteiger partial charge on any atom is 0.233 e. The number of aromatic nitrogens is 2. The number of halogens is 1. The number of fused-ring (bicyclic) bond motifs is 5. The van der Waals surface area contributed by atoms with Crippen molar-refractivity contribution in [3.05, 3.63) is 58.4 Å². The van der Waals surface area contributed by atoms with Crippen LogP contribution in [0.1, 0.15) is 60.9 Å². The second-order valence-corrected chi connectivity index (χ2v) is 7.91. The van der Waals surface area contributed by atoms with Crippen molar-refractivity contribution in [1.29, 1.82) is 10.5 Å². The van der Waals surface area contributed by atoms with Gasteiger partial charge in [-0.3, -0.25) is 4.79 Å². The lowest BCUT2D eigenvalue weighted by atomic mass is 9.67. The molecule has 1 aromatic carbocycles. The molecule has 0 radical (unpaired) electrons. The number of carbonyl (C=O) groups is 1. The highest BCUT2D eigenvalue weighted by Gasteiger charge is 2.67. The number of rotatable bonds is 3. The number of hydrogen-bond donors (Lipinski definition) is 1. The van der Waals surface area contributed by atoms with Gasteiger partial charge in [-0.2, -0.15) is 10.5 Å². The zero-order valence-corrected chi connectivity index (χ0v) is 15.6. The Morgan fingerprint density at radius 3 is 2.50 bits per heavy atom. The van der Waals surface area contributed by atoms with E-state index >= 15 is 0 Å². The molecule has 4 rings (SSSR count). The SMILES string of the molecule is CC1(C)C2CCC1(C(=O)NCc1ccc(F)cc1)c1nc(C#N)c(C#N)nc12. The Morgan fingerprint density at radius 2 is 1.86 bits per heavy atom. The molecule has 0 saturated heterocycles. The fourth-order valence-corrected chi connectivity index (χ4v) is 4.85. The van der Waals surface area contributed by atoms with Crippen LogP contribution in [-0.2, 0) is 16.8 Å². The fourth-order valence-electron chi connectivity index (χ4n) is 4.85. The molecule has 2 atom stereocenters. The van der Waals surface area contributed by atoms with Gasteiger partial charge in [-0.1, -0.05) is 26.0 Å². The van der Waals surface area contributed by atoms with Crippen LogP contribution in [-0.4, -0.2) is 15.9 Å². The molecule has 0 spiro atoms. The van der Waals surface area contributed by atoms with Crippen molar-refractivity contribution >= 4 is 5.91 Å². The third-order valence-electron chi connectivity index (χ3n) is 6.40. The van der Waals surface area contributed by atoms with Gasteiger partial charge in [-0.05, 0) is 36.0 Å². The Balaban J connectivity index is 1.73. The van der Waals surface area contributed by atoms with Crippen LogP contribution in [0.15, 0.2) is 24.3 Å². The lowest BCUT2D eigenvalue weighted by molar-refractivity contribution is -0.130. The Bertz CT molecular complexity index is 1060. The minimum absolute atomic E-state index is 0.00594. The van der Waals surface area contributed by atoms with Gasteiger partial charge in [-0.25, -0.2) is 14.4 Å². The van der Waals surface area contributed by atoms with Crippen molar-refractivity contribution < 1.29 is 9.18 Å². The molecule has 1 aromatic heterocycles. The largest absolute Gasteiger partial charge is 0.351 e. The number of carbonyl (C=O) groups excluding carboxylic acids is 1. The van der Waals surface area contributed by atoms with Crippen molar-refractivity contribution in [2.45, 2.75) is 44.6 Å². The normalized spacial score (nSPS) is 23.5. The molecule has 1 fully saturated rings. The topological polar surface area (TPSA) is 102 Å². The Kier molecular flexibility index (Phi) is 3.94. The first-order valence-corrected chi connectivity index (χ1v) is 9.10. The predicted molar refractivity (Wildman–Crippen MR) is 97.1 cm³/mol. The third-order valence-corrected chi connectivity index (χ3v) is 6.40. The van der Waals surface area contributed by atoms with Gasteiger partial charge >= 0.3 is 0 Å². The van der Waals surface area contributed by atoms with Gasteiger partial charge in [0.15, 0.2) is 11.4 Å².